The molecule has 3 aromatic carbocycles. The van der Waals surface area contributed by atoms with Crippen molar-refractivity contribution in [3.8, 4) is 11.5 Å². The summed E-state index contributed by atoms with van der Waals surface area (Å²) in [6.07, 6.45) is -1.98. The minimum Gasteiger partial charge on any atom is -0.481 e. The number of hydrogen-bond acceptors (Lipinski definition) is 5. The lowest BCUT2D eigenvalue weighted by atomic mass is 9.67. The molecule has 242 valence electrons. The van der Waals surface area contributed by atoms with Crippen LogP contribution in [0.3, 0.4) is 0 Å². The molecule has 2 aliphatic rings. The van der Waals surface area contributed by atoms with E-state index in [4.69, 9.17) is 9.84 Å². The fourth-order valence-electron chi connectivity index (χ4n) is 6.48. The third-order valence-electron chi connectivity index (χ3n) is 8.81. The van der Waals surface area contributed by atoms with Crippen LogP contribution >= 0.6 is 0 Å². The van der Waals surface area contributed by atoms with Crippen LogP contribution in [0.4, 0.5) is 26.3 Å². The zero-order chi connectivity index (χ0) is 32.6. The van der Waals surface area contributed by atoms with E-state index in [-0.39, 0.29) is 60.5 Å². The van der Waals surface area contributed by atoms with Gasteiger partial charge in [0, 0.05) is 29.5 Å². The normalized spacial score (nSPS) is 18.4. The number of nitrogens with one attached hydrogen (secondary N) is 2. The second kappa shape index (κ2) is 12.3. The number of nitrogens with zero attached hydrogens (tertiary/aromatic N) is 2. The second-order valence-corrected chi connectivity index (χ2v) is 11.7. The molecule has 46 heavy (non-hydrogen) atoms. The molecule has 3 heterocycles. The van der Waals surface area contributed by atoms with E-state index >= 15 is 8.78 Å². The topological polar surface area (TPSA) is 90.0 Å². The van der Waals surface area contributed by atoms with Crippen LogP contribution in [0, 0.1) is 17.5 Å². The minimum atomic E-state index is -4.34. The highest BCUT2D eigenvalue weighted by Gasteiger charge is 2.46. The first-order valence-corrected chi connectivity index (χ1v) is 14.8. The van der Waals surface area contributed by atoms with Crippen molar-refractivity contribution in [2.24, 2.45) is 4.99 Å². The van der Waals surface area contributed by atoms with E-state index in [0.29, 0.717) is 12.8 Å². The number of fused-ring (bicyclic) bond motifs is 1. The van der Waals surface area contributed by atoms with Crippen LogP contribution in [0.1, 0.15) is 36.0 Å². The van der Waals surface area contributed by atoms with Crippen molar-refractivity contribution in [1.82, 2.24) is 15.2 Å². The van der Waals surface area contributed by atoms with E-state index < -0.39 is 53.3 Å². The van der Waals surface area contributed by atoms with E-state index in [1.807, 2.05) is 18.2 Å². The van der Waals surface area contributed by atoms with Gasteiger partial charge in [0.25, 0.3) is 0 Å². The molecule has 3 N–H and O–H groups in total. The van der Waals surface area contributed by atoms with Gasteiger partial charge in [0.15, 0.2) is 17.4 Å². The van der Waals surface area contributed by atoms with Crippen molar-refractivity contribution < 1.29 is 41.0 Å². The Hall–Kier alpha value is -4.52. The average Bonchev–Trinajstić information content (AvgIpc) is 3.70. The van der Waals surface area contributed by atoms with E-state index in [1.54, 1.807) is 6.07 Å². The number of H-pyrrole nitrogens is 1. The molecule has 0 saturated carbocycles. The van der Waals surface area contributed by atoms with Crippen LogP contribution in [0.25, 0.3) is 10.9 Å². The van der Waals surface area contributed by atoms with Gasteiger partial charge in [0.2, 0.25) is 0 Å². The molecule has 1 unspecified atom stereocenters. The number of rotatable bonds is 9. The van der Waals surface area contributed by atoms with Crippen molar-refractivity contribution in [3.63, 3.8) is 0 Å². The lowest BCUT2D eigenvalue weighted by molar-refractivity contribution is -0.149. The van der Waals surface area contributed by atoms with Gasteiger partial charge >= 0.3 is 12.1 Å². The molecule has 6 rings (SSSR count). The van der Waals surface area contributed by atoms with Crippen molar-refractivity contribution in [2.75, 3.05) is 26.2 Å². The van der Waals surface area contributed by atoms with Gasteiger partial charge in [0.05, 0.1) is 30.2 Å². The predicted octanol–water partition coefficient (Wildman–Crippen LogP) is 6.71. The number of aliphatic imine (C=N–C) groups is 1. The zero-order valence-electron chi connectivity index (χ0n) is 24.4. The first-order valence-electron chi connectivity index (χ1n) is 14.8. The molecule has 13 heteroatoms. The van der Waals surface area contributed by atoms with Crippen molar-refractivity contribution in [3.05, 3.63) is 94.9 Å². The summed E-state index contributed by atoms with van der Waals surface area (Å²) >= 11 is 0. The predicted molar refractivity (Wildman–Crippen MR) is 159 cm³/mol. The van der Waals surface area contributed by atoms with Crippen LogP contribution in [-0.2, 0) is 16.6 Å². The largest absolute Gasteiger partial charge is 0.481 e. The van der Waals surface area contributed by atoms with E-state index in [0.717, 1.165) is 23.3 Å². The number of aryl methyl sites for hydroxylation is 1. The summed E-state index contributed by atoms with van der Waals surface area (Å²) in [7, 11) is 0. The highest BCUT2D eigenvalue weighted by atomic mass is 19.4. The van der Waals surface area contributed by atoms with E-state index in [1.165, 1.54) is 29.3 Å². The second-order valence-electron chi connectivity index (χ2n) is 11.7. The van der Waals surface area contributed by atoms with Crippen LogP contribution in [0.2, 0.25) is 0 Å². The van der Waals surface area contributed by atoms with E-state index in [9.17, 15) is 22.4 Å². The summed E-state index contributed by atoms with van der Waals surface area (Å²) in [5.41, 5.74) is 1.17. The van der Waals surface area contributed by atoms with Gasteiger partial charge in [-0.05, 0) is 67.7 Å². The summed E-state index contributed by atoms with van der Waals surface area (Å²) in [5, 5.41) is 12.6. The van der Waals surface area contributed by atoms with Crippen LogP contribution < -0.4 is 10.1 Å². The number of amidine groups is 1. The molecule has 0 aliphatic carbocycles. The first kappa shape index (κ1) is 31.5. The Balaban J connectivity index is 1.27. The number of ether oxygens (including phenoxy) is 1. The van der Waals surface area contributed by atoms with Gasteiger partial charge in [-0.1, -0.05) is 24.3 Å². The van der Waals surface area contributed by atoms with Gasteiger partial charge in [-0.2, -0.15) is 13.2 Å². The molecular formula is C33H30F6N4O3. The molecule has 4 aromatic rings. The smallest absolute Gasteiger partial charge is 0.401 e. The Morgan fingerprint density at radius 2 is 1.83 bits per heavy atom. The Morgan fingerprint density at radius 3 is 2.57 bits per heavy atom. The van der Waals surface area contributed by atoms with Crippen molar-refractivity contribution in [1.29, 1.82) is 0 Å². The maximum Gasteiger partial charge on any atom is 0.401 e. The SMILES string of the molecule is O=C(O)CCc1cccc(C2(C3CN=C(c4cc(Oc5c(F)cc6[nH]ccc6c5F)ccc4F)N3)CCN(CC(F)(F)F)CC2)c1. The van der Waals surface area contributed by atoms with Gasteiger partial charge in [-0.3, -0.25) is 14.7 Å². The summed E-state index contributed by atoms with van der Waals surface area (Å²) in [4.78, 5) is 19.8. The van der Waals surface area contributed by atoms with Crippen molar-refractivity contribution >= 4 is 22.7 Å². The molecule has 1 fully saturated rings. The lowest BCUT2D eigenvalue weighted by Gasteiger charge is -2.46. The number of likely N-dealkylation sites (tertiary alicyclic amines) is 1. The standard InChI is InChI=1S/C33H30F6N4O3/c34-24-6-5-21(46-30-25(35)16-26-22(29(30)36)8-11-40-26)15-23(24)31-41-17-27(42-31)32(9-12-43(13-10-32)18-33(37,38)39)20-3-1-2-19(14-20)4-7-28(44)45/h1-3,5-6,8,11,14-16,27,40H,4,7,9-10,12-13,17-18H2,(H,41,42)(H,44,45). The molecule has 0 amide bonds. The molecule has 0 bridgehead atoms. The molecule has 2 aliphatic heterocycles. The van der Waals surface area contributed by atoms with Crippen LogP contribution in [0.15, 0.2) is 65.8 Å². The van der Waals surface area contributed by atoms with Gasteiger partial charge in [-0.25, -0.2) is 13.2 Å². The number of benzene rings is 3. The molecule has 1 atom stereocenters. The maximum absolute atomic E-state index is 15.2. The number of piperidine rings is 1. The quantitative estimate of drug-likeness (QED) is 0.176. The number of aromatic nitrogens is 1. The Labute approximate surface area is 259 Å². The summed E-state index contributed by atoms with van der Waals surface area (Å²) < 4.78 is 90.1. The molecule has 7 nitrogen and oxygen atoms in total. The maximum atomic E-state index is 15.2. The van der Waals surface area contributed by atoms with Gasteiger partial charge in [-0.15, -0.1) is 0 Å². The zero-order valence-corrected chi connectivity index (χ0v) is 24.4. The van der Waals surface area contributed by atoms with E-state index in [2.05, 4.69) is 15.3 Å². The number of carbonyl (C=O) groups is 1. The Bertz CT molecular complexity index is 1800. The molecule has 1 saturated heterocycles. The van der Waals surface area contributed by atoms with Crippen LogP contribution in [-0.4, -0.2) is 65.2 Å². The summed E-state index contributed by atoms with van der Waals surface area (Å²) in [6, 6.07) is 13.1. The number of hydrogen-bond donors (Lipinski definition) is 3. The average molecular weight is 645 g/mol. The third kappa shape index (κ3) is 6.41. The number of alkyl halides is 3. The third-order valence-corrected chi connectivity index (χ3v) is 8.81. The molecular weight excluding hydrogens is 614 g/mol. The minimum absolute atomic E-state index is 0.00315. The number of carboxylic acid groups (broad SMARTS) is 1. The van der Waals surface area contributed by atoms with Crippen LogP contribution in [0.5, 0.6) is 11.5 Å². The molecule has 0 radical (unpaired) electrons. The monoisotopic (exact) mass is 644 g/mol. The summed E-state index contributed by atoms with van der Waals surface area (Å²) in [6.45, 7) is -0.525. The molecule has 1 aromatic heterocycles. The number of aromatic amines is 1. The highest BCUT2D eigenvalue weighted by molar-refractivity contribution is 6.00. The number of carboxylic acids is 1. The van der Waals surface area contributed by atoms with Gasteiger partial charge in [0.1, 0.15) is 17.4 Å². The fourth-order valence-corrected chi connectivity index (χ4v) is 6.48. The molecule has 0 spiro atoms. The fraction of sp³-hybridized carbons (Fsp3) is 0.333. The highest BCUT2D eigenvalue weighted by Crippen LogP contribution is 2.42. The Kier molecular flexibility index (Phi) is 8.45. The van der Waals surface area contributed by atoms with Gasteiger partial charge < -0.3 is 20.1 Å². The first-order chi connectivity index (χ1) is 21.9. The lowest BCUT2D eigenvalue weighted by Crippen LogP contribution is -2.55. The van der Waals surface area contributed by atoms with Crippen molar-refractivity contribution in [2.45, 2.75) is 43.3 Å². The number of aliphatic carboxylic acids is 1. The Morgan fingerprint density at radius 1 is 1.04 bits per heavy atom. The summed E-state index contributed by atoms with van der Waals surface area (Å²) in [5.74, 6) is -3.96. The number of halogens is 6.